The first-order valence-corrected chi connectivity index (χ1v) is 17.5. The molecule has 1 aliphatic heterocycles. The zero-order valence-electron chi connectivity index (χ0n) is 29.8. The van der Waals surface area contributed by atoms with Gasteiger partial charge in [0.2, 0.25) is 0 Å². The van der Waals surface area contributed by atoms with E-state index >= 15 is 0 Å². The number of benzene rings is 4. The molecule has 7 heteroatoms. The number of fused-ring (bicyclic) bond motifs is 8. The van der Waals surface area contributed by atoms with Crippen LogP contribution < -0.4 is 16.0 Å². The highest BCUT2D eigenvalue weighted by atomic mass is 16.5. The van der Waals surface area contributed by atoms with Crippen LogP contribution in [0.1, 0.15) is 75.2 Å². The zero-order chi connectivity index (χ0) is 36.2. The third kappa shape index (κ3) is 4.65. The highest BCUT2D eigenvalue weighted by Crippen LogP contribution is 2.56. The van der Waals surface area contributed by atoms with E-state index in [1.807, 2.05) is 72.8 Å². The predicted octanol–water partition coefficient (Wildman–Crippen LogP) is 10.1. The standard InChI is InChI=1S/C45H36N2O5/c1-43(2,3)25-15-17-33-31(23-25)45(32-24-26(44(4,5)6)16-18-34(32)50-33,37-21-19-35-39(46-37)27-11-7-9-13-29(27)41(48)51-35)38-22-20-36-40(47-38)28-12-8-10-14-30(28)42(49)52-36/h7-24H,1-6H3. The largest absolute Gasteiger partial charge is 0.457 e. The van der Waals surface area contributed by atoms with Crippen molar-refractivity contribution in [3.63, 3.8) is 0 Å². The van der Waals surface area contributed by atoms with Crippen molar-refractivity contribution in [1.82, 2.24) is 9.97 Å². The van der Waals surface area contributed by atoms with E-state index in [4.69, 9.17) is 23.5 Å². The second kappa shape index (κ2) is 11.0. The fourth-order valence-electron chi connectivity index (χ4n) is 7.61. The SMILES string of the molecule is CC(C)(C)c1ccc2c(c1)C(c1ccc3oc(=O)c4ccccc4c3n1)(c1ccc3oc(=O)c4ccccc4c3n1)c1cc(C(C)(C)C)ccc1O2. The lowest BCUT2D eigenvalue weighted by atomic mass is 9.65. The summed E-state index contributed by atoms with van der Waals surface area (Å²) in [6, 6.07) is 35.1. The molecule has 0 saturated heterocycles. The van der Waals surface area contributed by atoms with Gasteiger partial charge in [-0.2, -0.15) is 0 Å². The van der Waals surface area contributed by atoms with Crippen LogP contribution in [-0.2, 0) is 16.2 Å². The molecule has 4 aromatic heterocycles. The average Bonchev–Trinajstić information content (AvgIpc) is 3.13. The lowest BCUT2D eigenvalue weighted by molar-refractivity contribution is 0.427. The van der Waals surface area contributed by atoms with Crippen LogP contribution >= 0.6 is 0 Å². The summed E-state index contributed by atoms with van der Waals surface area (Å²) in [5.41, 5.74) is 4.90. The Morgan fingerprint density at radius 3 is 1.31 bits per heavy atom. The van der Waals surface area contributed by atoms with Crippen LogP contribution in [0.5, 0.6) is 11.5 Å². The molecule has 0 fully saturated rings. The van der Waals surface area contributed by atoms with Crippen molar-refractivity contribution in [3.8, 4) is 11.5 Å². The lowest BCUT2D eigenvalue weighted by Crippen LogP contribution is -2.37. The Kier molecular flexibility index (Phi) is 6.72. The van der Waals surface area contributed by atoms with Gasteiger partial charge in [-0.3, -0.25) is 0 Å². The van der Waals surface area contributed by atoms with Crippen molar-refractivity contribution >= 4 is 43.7 Å². The molecule has 0 aliphatic carbocycles. The molecule has 256 valence electrons. The van der Waals surface area contributed by atoms with Gasteiger partial charge in [-0.1, -0.05) is 90.1 Å². The number of ether oxygens (including phenoxy) is 1. The maximum absolute atomic E-state index is 13.1. The molecule has 0 saturated carbocycles. The van der Waals surface area contributed by atoms with Crippen molar-refractivity contribution in [3.05, 3.63) is 164 Å². The number of hydrogen-bond donors (Lipinski definition) is 0. The number of pyridine rings is 2. The average molecular weight is 685 g/mol. The molecule has 0 N–H and O–H groups in total. The molecule has 7 nitrogen and oxygen atoms in total. The maximum atomic E-state index is 13.1. The van der Waals surface area contributed by atoms with Gasteiger partial charge in [-0.05, 0) is 82.6 Å². The molecule has 0 amide bonds. The van der Waals surface area contributed by atoms with Gasteiger partial charge in [0.15, 0.2) is 11.2 Å². The molecule has 0 bridgehead atoms. The van der Waals surface area contributed by atoms with E-state index in [9.17, 15) is 9.59 Å². The Morgan fingerprint density at radius 1 is 0.500 bits per heavy atom. The highest BCUT2D eigenvalue weighted by Gasteiger charge is 2.49. The van der Waals surface area contributed by atoms with E-state index in [-0.39, 0.29) is 10.8 Å². The second-order valence-electron chi connectivity index (χ2n) is 15.7. The number of hydrogen-bond acceptors (Lipinski definition) is 7. The van der Waals surface area contributed by atoms with E-state index in [1.54, 1.807) is 12.1 Å². The highest BCUT2D eigenvalue weighted by molar-refractivity contribution is 6.03. The summed E-state index contributed by atoms with van der Waals surface area (Å²) in [7, 11) is 0. The molecule has 1 aliphatic rings. The minimum Gasteiger partial charge on any atom is -0.457 e. The molecular formula is C45H36N2O5. The van der Waals surface area contributed by atoms with Crippen LogP contribution in [0.3, 0.4) is 0 Å². The Labute approximate surface area is 299 Å². The summed E-state index contributed by atoms with van der Waals surface area (Å²) in [5.74, 6) is 1.36. The van der Waals surface area contributed by atoms with Gasteiger partial charge in [-0.15, -0.1) is 0 Å². The summed E-state index contributed by atoms with van der Waals surface area (Å²) in [6.45, 7) is 13.1. The molecule has 8 aromatic rings. The van der Waals surface area contributed by atoms with Gasteiger partial charge in [0.25, 0.3) is 0 Å². The van der Waals surface area contributed by atoms with Crippen LogP contribution in [0, 0.1) is 0 Å². The third-order valence-electron chi connectivity index (χ3n) is 10.4. The Morgan fingerprint density at radius 2 is 0.904 bits per heavy atom. The number of aromatic nitrogens is 2. The maximum Gasteiger partial charge on any atom is 0.344 e. The summed E-state index contributed by atoms with van der Waals surface area (Å²) >= 11 is 0. The van der Waals surface area contributed by atoms with Crippen molar-refractivity contribution in [2.45, 2.75) is 57.8 Å². The molecule has 0 radical (unpaired) electrons. The third-order valence-corrected chi connectivity index (χ3v) is 10.4. The fraction of sp³-hybridized carbons (Fsp3) is 0.200. The molecule has 0 unspecified atom stereocenters. The predicted molar refractivity (Wildman–Crippen MR) is 205 cm³/mol. The smallest absolute Gasteiger partial charge is 0.344 e. The number of nitrogens with zero attached hydrogens (tertiary/aromatic N) is 2. The molecule has 5 heterocycles. The van der Waals surface area contributed by atoms with Crippen LogP contribution in [0.2, 0.25) is 0 Å². The first-order valence-electron chi connectivity index (χ1n) is 17.5. The van der Waals surface area contributed by atoms with Gasteiger partial charge < -0.3 is 13.6 Å². The van der Waals surface area contributed by atoms with Crippen LogP contribution in [-0.4, -0.2) is 9.97 Å². The van der Waals surface area contributed by atoms with E-state index < -0.39 is 16.7 Å². The molecule has 0 spiro atoms. The van der Waals surface area contributed by atoms with Crippen LogP contribution in [0.4, 0.5) is 0 Å². The van der Waals surface area contributed by atoms with Crippen molar-refractivity contribution in [2.75, 3.05) is 0 Å². The van der Waals surface area contributed by atoms with Crippen LogP contribution in [0.15, 0.2) is 128 Å². The van der Waals surface area contributed by atoms with Crippen LogP contribution in [0.25, 0.3) is 43.7 Å². The van der Waals surface area contributed by atoms with Gasteiger partial charge in [0.1, 0.15) is 27.9 Å². The summed E-state index contributed by atoms with van der Waals surface area (Å²) < 4.78 is 18.5. The topological polar surface area (TPSA) is 95.4 Å². The number of rotatable bonds is 2. The van der Waals surface area contributed by atoms with Gasteiger partial charge in [-0.25, -0.2) is 19.6 Å². The second-order valence-corrected chi connectivity index (χ2v) is 15.7. The Balaban J connectivity index is 1.51. The first kappa shape index (κ1) is 31.9. The minimum absolute atomic E-state index is 0.193. The minimum atomic E-state index is -1.14. The van der Waals surface area contributed by atoms with Gasteiger partial charge >= 0.3 is 11.3 Å². The normalized spacial score (nSPS) is 14.0. The van der Waals surface area contributed by atoms with Crippen molar-refractivity contribution in [1.29, 1.82) is 0 Å². The van der Waals surface area contributed by atoms with Gasteiger partial charge in [0, 0.05) is 21.9 Å². The van der Waals surface area contributed by atoms with Crippen molar-refractivity contribution in [2.24, 2.45) is 0 Å². The molecular weight excluding hydrogens is 649 g/mol. The fourth-order valence-corrected chi connectivity index (χ4v) is 7.61. The quantitative estimate of drug-likeness (QED) is 0.167. The Hall–Kier alpha value is -6.08. The Bertz CT molecular complexity index is 2710. The van der Waals surface area contributed by atoms with E-state index in [2.05, 4.69) is 65.8 Å². The molecule has 9 rings (SSSR count). The first-order chi connectivity index (χ1) is 24.8. The molecule has 4 aromatic carbocycles. The molecule has 52 heavy (non-hydrogen) atoms. The zero-order valence-corrected chi connectivity index (χ0v) is 29.8. The lowest BCUT2D eigenvalue weighted by Gasteiger charge is -2.41. The van der Waals surface area contributed by atoms with Crippen molar-refractivity contribution < 1.29 is 13.6 Å². The van der Waals surface area contributed by atoms with E-state index in [0.717, 1.165) is 22.3 Å². The van der Waals surface area contributed by atoms with E-state index in [0.29, 0.717) is 66.6 Å². The van der Waals surface area contributed by atoms with E-state index in [1.165, 1.54) is 0 Å². The molecule has 0 atom stereocenters. The monoisotopic (exact) mass is 684 g/mol. The van der Waals surface area contributed by atoms with Gasteiger partial charge in [0.05, 0.1) is 22.2 Å². The summed E-state index contributed by atoms with van der Waals surface area (Å²) in [4.78, 5) is 37.0. The summed E-state index contributed by atoms with van der Waals surface area (Å²) in [6.07, 6.45) is 0. The summed E-state index contributed by atoms with van der Waals surface area (Å²) in [5, 5.41) is 2.31.